The fourth-order valence-corrected chi connectivity index (χ4v) is 14.8. The van der Waals surface area contributed by atoms with Crippen molar-refractivity contribution in [3.63, 3.8) is 0 Å². The normalized spacial score (nSPS) is 14.6. The van der Waals surface area contributed by atoms with Gasteiger partial charge < -0.3 is 34.2 Å². The molecule has 5 atom stereocenters. The molecule has 0 radical (unpaired) electrons. The van der Waals surface area contributed by atoms with Gasteiger partial charge in [0, 0.05) is 19.3 Å². The van der Waals surface area contributed by atoms with Crippen LogP contribution in [0.3, 0.4) is 0 Å². The molecular formula is C109H180O16P2. The summed E-state index contributed by atoms with van der Waals surface area (Å²) in [6.45, 7) is 2.37. The van der Waals surface area contributed by atoms with E-state index in [2.05, 4.69) is 240 Å². The van der Waals surface area contributed by atoms with Crippen LogP contribution in [0.5, 0.6) is 0 Å². The van der Waals surface area contributed by atoms with Crippen LogP contribution in [0.15, 0.2) is 219 Å². The molecule has 0 bridgehead atoms. The van der Waals surface area contributed by atoms with Crippen molar-refractivity contribution in [2.45, 2.75) is 411 Å². The molecule has 0 aliphatic heterocycles. The Bertz CT molecular complexity index is 3190. The van der Waals surface area contributed by atoms with E-state index >= 15 is 0 Å². The molecular weight excluding hydrogens is 1630 g/mol. The first-order valence-electron chi connectivity index (χ1n) is 50.0. The molecule has 18 heteroatoms. The van der Waals surface area contributed by atoms with Crippen LogP contribution in [0, 0.1) is 0 Å². The zero-order chi connectivity index (χ0) is 92.1. The fourth-order valence-electron chi connectivity index (χ4n) is 13.2. The Labute approximate surface area is 774 Å². The summed E-state index contributed by atoms with van der Waals surface area (Å²) in [5, 5.41) is 20.8. The van der Waals surface area contributed by atoms with Gasteiger partial charge in [-0.2, -0.15) is 0 Å². The molecule has 0 aromatic carbocycles. The molecule has 5 unspecified atom stereocenters. The molecule has 0 heterocycles. The van der Waals surface area contributed by atoms with Gasteiger partial charge >= 0.3 is 33.6 Å². The van der Waals surface area contributed by atoms with Crippen molar-refractivity contribution in [2.24, 2.45) is 0 Å². The molecule has 0 fully saturated rings. The first kappa shape index (κ1) is 121. The number of rotatable bonds is 93. The van der Waals surface area contributed by atoms with E-state index in [-0.39, 0.29) is 19.3 Å². The van der Waals surface area contributed by atoms with Crippen molar-refractivity contribution in [1.29, 1.82) is 0 Å². The number of esters is 3. The molecule has 0 spiro atoms. The van der Waals surface area contributed by atoms with Crippen molar-refractivity contribution in [1.82, 2.24) is 0 Å². The predicted molar refractivity (Wildman–Crippen MR) is 537 cm³/mol. The smallest absolute Gasteiger partial charge is 0.463 e. The Hall–Kier alpha value is -6.13. The summed E-state index contributed by atoms with van der Waals surface area (Å²) in [4.78, 5) is 59.2. The highest BCUT2D eigenvalue weighted by atomic mass is 31.2. The van der Waals surface area contributed by atoms with Crippen LogP contribution in [0.4, 0.5) is 0 Å². The van der Waals surface area contributed by atoms with Crippen LogP contribution in [0.1, 0.15) is 393 Å². The Kier molecular flexibility index (Phi) is 94.1. The Morgan fingerprint density at radius 3 is 0.622 bits per heavy atom. The first-order chi connectivity index (χ1) is 62.2. The maximum absolute atomic E-state index is 13.1. The quantitative estimate of drug-likeness (QED) is 0.0146. The standard InChI is InChI=1S/C109H180O16P2/c1-4-7-10-13-16-19-22-25-28-31-34-37-40-43-46-49-50-51-52-55-57-59-62-65-68-71-74-77-80-83-86-89-92-95-107(112)119-98-104(110)99-121-126(115,116)122-100-105(111)101-123-127(117,118)124-103-106(125-109(114)97-94-91-88-85-82-79-76-73-70-67-64-61-58-54-48-45-42-39-36-33-30-27-24-21-18-15-12-9-6-3)102-120-108(113)96-93-90-87-84-81-78-75-72-69-66-63-60-56-53-47-44-41-38-35-32-29-26-23-20-17-14-11-8-5-2/h7-12,16-21,25-30,34-39,43-48,50-51,56,58,60-61,104-106,110-111H,4-6,13-15,22-24,31-33,40-42,49,52-55,57,59,62-103H2,1-3H3,(H,115,116)(H,117,118)/b10-7-,11-8-,12-9-,19-16-,20-17-,21-18-,28-25-,29-26-,30-27-,37-34-,38-35-,39-36-,46-43-,47-44-,48-45-,51-50-,60-56-,61-58-. The van der Waals surface area contributed by atoms with E-state index in [1.54, 1.807) is 0 Å². The lowest BCUT2D eigenvalue weighted by atomic mass is 10.0. The van der Waals surface area contributed by atoms with E-state index in [4.69, 9.17) is 32.3 Å². The minimum Gasteiger partial charge on any atom is -0.463 e. The number of phosphoric acid groups is 2. The van der Waals surface area contributed by atoms with Crippen LogP contribution >= 0.6 is 15.6 Å². The lowest BCUT2D eigenvalue weighted by Gasteiger charge is -2.21. The number of hydrogen-bond donors (Lipinski definition) is 4. The number of unbranched alkanes of at least 4 members (excludes halogenated alkanes) is 34. The van der Waals surface area contributed by atoms with Gasteiger partial charge in [-0.3, -0.25) is 32.5 Å². The molecule has 127 heavy (non-hydrogen) atoms. The topological polar surface area (TPSA) is 231 Å². The lowest BCUT2D eigenvalue weighted by Crippen LogP contribution is -2.30. The number of carbonyl (C=O) groups is 3. The first-order valence-corrected chi connectivity index (χ1v) is 53.0. The highest BCUT2D eigenvalue weighted by Crippen LogP contribution is 2.45. The van der Waals surface area contributed by atoms with Crippen LogP contribution in [0.2, 0.25) is 0 Å². The summed E-state index contributed by atoms with van der Waals surface area (Å²) < 4.78 is 61.7. The van der Waals surface area contributed by atoms with Gasteiger partial charge in [0.2, 0.25) is 0 Å². The summed E-state index contributed by atoms with van der Waals surface area (Å²) in [5.41, 5.74) is 0. The van der Waals surface area contributed by atoms with Gasteiger partial charge in [0.15, 0.2) is 6.10 Å². The number of phosphoric ester groups is 2. The Morgan fingerprint density at radius 1 is 0.220 bits per heavy atom. The summed E-state index contributed by atoms with van der Waals surface area (Å²) in [5.74, 6) is -1.58. The van der Waals surface area contributed by atoms with Gasteiger partial charge in [0.1, 0.15) is 25.4 Å². The predicted octanol–water partition coefficient (Wildman–Crippen LogP) is 31.7. The molecule has 0 aromatic heterocycles. The Balaban J connectivity index is 4.66. The van der Waals surface area contributed by atoms with Gasteiger partial charge in [-0.15, -0.1) is 0 Å². The number of aliphatic hydroxyl groups excluding tert-OH is 2. The monoisotopic (exact) mass is 1810 g/mol. The average Bonchev–Trinajstić information content (AvgIpc) is 0.902. The maximum atomic E-state index is 13.1. The summed E-state index contributed by atoms with van der Waals surface area (Å²) in [6, 6.07) is 0. The summed E-state index contributed by atoms with van der Waals surface area (Å²) >= 11 is 0. The third-order valence-corrected chi connectivity index (χ3v) is 22.6. The SMILES string of the molecule is CC/C=C\C/C=C\C/C=C\C/C=C\C/C=C\C/C=C\CCCCCCCCCCCCCCCCC(=O)OCC(O)COP(=O)(O)OCC(O)COP(=O)(O)OCC(COC(=O)CCCCCCCCCCCC/C=C\C/C=C\C/C=C\C/C=C\C/C=C\C/C=C\CC)OC(=O)CCCCCCCCCCCC/C=C\C/C=C\C/C=C\C/C=C\C/C=C\C/C=C\CC. The van der Waals surface area contributed by atoms with Crippen LogP contribution in [-0.2, 0) is 55.8 Å². The molecule has 0 amide bonds. The van der Waals surface area contributed by atoms with E-state index in [1.165, 1.54) is 128 Å². The molecule has 0 aromatic rings. The van der Waals surface area contributed by atoms with E-state index in [0.717, 1.165) is 205 Å². The van der Waals surface area contributed by atoms with E-state index < -0.39 is 91.5 Å². The van der Waals surface area contributed by atoms with Crippen LogP contribution in [0.25, 0.3) is 0 Å². The third kappa shape index (κ3) is 100. The van der Waals surface area contributed by atoms with Crippen molar-refractivity contribution < 1.29 is 75.8 Å². The van der Waals surface area contributed by atoms with Crippen molar-refractivity contribution in [3.8, 4) is 0 Å². The van der Waals surface area contributed by atoms with E-state index in [0.29, 0.717) is 19.3 Å². The zero-order valence-electron chi connectivity index (χ0n) is 79.9. The number of carbonyl (C=O) groups excluding carboxylic acids is 3. The number of hydrogen-bond acceptors (Lipinski definition) is 14. The molecule has 0 rings (SSSR count). The fraction of sp³-hybridized carbons (Fsp3) is 0.642. The summed E-state index contributed by atoms with van der Waals surface area (Å²) in [6.07, 6.45) is 135. The van der Waals surface area contributed by atoms with Crippen LogP contribution < -0.4 is 0 Å². The Morgan fingerprint density at radius 2 is 0.394 bits per heavy atom. The molecule has 0 aliphatic rings. The summed E-state index contributed by atoms with van der Waals surface area (Å²) in [7, 11) is -9.83. The second kappa shape index (κ2) is 98.9. The zero-order valence-corrected chi connectivity index (χ0v) is 81.6. The maximum Gasteiger partial charge on any atom is 0.472 e. The van der Waals surface area contributed by atoms with Gasteiger partial charge in [0.05, 0.1) is 26.4 Å². The second-order valence-electron chi connectivity index (χ2n) is 32.8. The van der Waals surface area contributed by atoms with Crippen molar-refractivity contribution >= 4 is 33.6 Å². The highest BCUT2D eigenvalue weighted by Gasteiger charge is 2.30. The minimum atomic E-state index is -4.96. The van der Waals surface area contributed by atoms with Gasteiger partial charge in [0.25, 0.3) is 0 Å². The van der Waals surface area contributed by atoms with Gasteiger partial charge in [-0.05, 0) is 173 Å². The molecule has 0 saturated heterocycles. The van der Waals surface area contributed by atoms with Crippen LogP contribution in [-0.4, -0.2) is 95.9 Å². The number of ether oxygens (including phenoxy) is 3. The van der Waals surface area contributed by atoms with Crippen molar-refractivity contribution in [2.75, 3.05) is 39.6 Å². The number of allylic oxidation sites excluding steroid dienone is 36. The lowest BCUT2D eigenvalue weighted by molar-refractivity contribution is -0.161. The molecule has 0 aliphatic carbocycles. The number of aliphatic hydroxyl groups is 2. The van der Waals surface area contributed by atoms with E-state index in [1.807, 2.05) is 0 Å². The molecule has 16 nitrogen and oxygen atoms in total. The highest BCUT2D eigenvalue weighted by molar-refractivity contribution is 7.47. The molecule has 0 saturated carbocycles. The van der Waals surface area contributed by atoms with Gasteiger partial charge in [-0.25, -0.2) is 9.13 Å². The molecule has 722 valence electrons. The van der Waals surface area contributed by atoms with Crippen molar-refractivity contribution in [3.05, 3.63) is 219 Å². The molecule has 4 N–H and O–H groups in total. The second-order valence-corrected chi connectivity index (χ2v) is 35.7. The third-order valence-electron chi connectivity index (χ3n) is 20.7. The van der Waals surface area contributed by atoms with E-state index in [9.17, 15) is 43.5 Å². The average molecular weight is 1810 g/mol. The minimum absolute atomic E-state index is 0.0904. The largest absolute Gasteiger partial charge is 0.472 e. The van der Waals surface area contributed by atoms with Gasteiger partial charge in [-0.1, -0.05) is 419 Å².